The molecule has 1 N–H and O–H groups in total. The number of ether oxygens (including phenoxy) is 1. The molecule has 4 nitrogen and oxygen atoms in total. The molecule has 154 valence electrons. The van der Waals surface area contributed by atoms with Crippen molar-refractivity contribution >= 4 is 22.4 Å². The molecular formula is C26H28N2O2. The topological polar surface area (TPSA) is 41.6 Å². The molecule has 30 heavy (non-hydrogen) atoms. The zero-order valence-corrected chi connectivity index (χ0v) is 17.5. The molecule has 3 aromatic carbocycles. The van der Waals surface area contributed by atoms with Crippen molar-refractivity contribution in [1.82, 2.24) is 4.90 Å². The van der Waals surface area contributed by atoms with E-state index in [0.717, 1.165) is 48.4 Å². The highest BCUT2D eigenvalue weighted by molar-refractivity contribution is 6.10. The highest BCUT2D eigenvalue weighted by Gasteiger charge is 2.26. The Morgan fingerprint density at radius 2 is 1.80 bits per heavy atom. The minimum Gasteiger partial charge on any atom is -0.495 e. The van der Waals surface area contributed by atoms with E-state index in [1.165, 1.54) is 30.4 Å². The second kappa shape index (κ2) is 8.11. The average molecular weight is 401 g/mol. The van der Waals surface area contributed by atoms with Crippen LogP contribution in [0.4, 0.5) is 5.69 Å². The summed E-state index contributed by atoms with van der Waals surface area (Å²) in [5, 5.41) is 5.10. The molecule has 0 unspecified atom stereocenters. The number of hydrogen-bond donors (Lipinski definition) is 1. The standard InChI is InChI=1S/C26H28N2O2/c1-30-25-23-8-3-2-5-19(23)10-12-24(25)26(29)27-21-11-9-18-13-15-28(22-6-4-7-22)16-14-20(18)17-21/h2-3,5,8-12,17,22H,4,6-7,13-16H2,1H3,(H,27,29). The van der Waals surface area contributed by atoms with Gasteiger partial charge in [0.15, 0.2) is 0 Å². The van der Waals surface area contributed by atoms with Crippen molar-refractivity contribution in [1.29, 1.82) is 0 Å². The maximum absolute atomic E-state index is 13.1. The Balaban J connectivity index is 1.36. The largest absolute Gasteiger partial charge is 0.495 e. The maximum Gasteiger partial charge on any atom is 0.259 e. The summed E-state index contributed by atoms with van der Waals surface area (Å²) in [6, 6.07) is 18.9. The van der Waals surface area contributed by atoms with E-state index in [2.05, 4.69) is 22.3 Å². The van der Waals surface area contributed by atoms with Crippen LogP contribution < -0.4 is 10.1 Å². The number of fused-ring (bicyclic) bond motifs is 2. The third-order valence-corrected chi connectivity index (χ3v) is 6.72. The highest BCUT2D eigenvalue weighted by atomic mass is 16.5. The first-order valence-corrected chi connectivity index (χ1v) is 11.0. The Labute approximate surface area is 177 Å². The predicted molar refractivity (Wildman–Crippen MR) is 122 cm³/mol. The van der Waals surface area contributed by atoms with Crippen LogP contribution in [0.25, 0.3) is 10.8 Å². The quantitative estimate of drug-likeness (QED) is 0.666. The van der Waals surface area contributed by atoms with Gasteiger partial charge in [0, 0.05) is 30.2 Å². The molecule has 0 bridgehead atoms. The predicted octanol–water partition coefficient (Wildman–Crippen LogP) is 5.05. The average Bonchev–Trinajstić information content (AvgIpc) is 2.94. The SMILES string of the molecule is COc1c(C(=O)Nc2ccc3c(c2)CCN(C2CCC2)CC3)ccc2ccccc12. The lowest BCUT2D eigenvalue weighted by Crippen LogP contribution is -2.41. The minimum atomic E-state index is -0.137. The summed E-state index contributed by atoms with van der Waals surface area (Å²) < 4.78 is 5.61. The summed E-state index contributed by atoms with van der Waals surface area (Å²) in [5.41, 5.74) is 4.19. The molecular weight excluding hydrogens is 372 g/mol. The fraction of sp³-hybridized carbons (Fsp3) is 0.346. The van der Waals surface area contributed by atoms with E-state index < -0.39 is 0 Å². The van der Waals surface area contributed by atoms with Crippen LogP contribution in [0.3, 0.4) is 0 Å². The van der Waals surface area contributed by atoms with Gasteiger partial charge in [0.2, 0.25) is 0 Å². The van der Waals surface area contributed by atoms with Crippen molar-refractivity contribution in [3.05, 3.63) is 71.3 Å². The molecule has 5 rings (SSSR count). The Morgan fingerprint density at radius 1 is 1.00 bits per heavy atom. The van der Waals surface area contributed by atoms with Gasteiger partial charge in [-0.1, -0.05) is 42.8 Å². The Kier molecular flexibility index (Phi) is 5.17. The second-order valence-electron chi connectivity index (χ2n) is 8.43. The van der Waals surface area contributed by atoms with Gasteiger partial charge in [0.25, 0.3) is 5.91 Å². The van der Waals surface area contributed by atoms with Crippen LogP contribution in [-0.4, -0.2) is 37.0 Å². The van der Waals surface area contributed by atoms with Gasteiger partial charge < -0.3 is 10.1 Å². The second-order valence-corrected chi connectivity index (χ2v) is 8.43. The minimum absolute atomic E-state index is 0.137. The van der Waals surface area contributed by atoms with Crippen molar-refractivity contribution in [3.8, 4) is 5.75 Å². The first kappa shape index (κ1) is 19.1. The first-order chi connectivity index (χ1) is 14.7. The van der Waals surface area contributed by atoms with E-state index >= 15 is 0 Å². The van der Waals surface area contributed by atoms with E-state index in [-0.39, 0.29) is 5.91 Å². The monoisotopic (exact) mass is 400 g/mol. The molecule has 3 aromatic rings. The number of methoxy groups -OCH3 is 1. The van der Waals surface area contributed by atoms with Gasteiger partial charge in [-0.2, -0.15) is 0 Å². The molecule has 4 heteroatoms. The molecule has 1 saturated carbocycles. The highest BCUT2D eigenvalue weighted by Crippen LogP contribution is 2.31. The van der Waals surface area contributed by atoms with Crippen LogP contribution in [-0.2, 0) is 12.8 Å². The summed E-state index contributed by atoms with van der Waals surface area (Å²) in [6.07, 6.45) is 6.23. The van der Waals surface area contributed by atoms with Gasteiger partial charge in [-0.15, -0.1) is 0 Å². The fourth-order valence-corrected chi connectivity index (χ4v) is 4.78. The molecule has 0 atom stereocenters. The van der Waals surface area contributed by atoms with Gasteiger partial charge in [-0.3, -0.25) is 9.69 Å². The normalized spacial score (nSPS) is 17.1. The fourth-order valence-electron chi connectivity index (χ4n) is 4.78. The molecule has 0 aromatic heterocycles. The van der Waals surface area contributed by atoms with Gasteiger partial charge in [0.05, 0.1) is 12.7 Å². The van der Waals surface area contributed by atoms with E-state index in [0.29, 0.717) is 11.3 Å². The molecule has 1 fully saturated rings. The van der Waals surface area contributed by atoms with Crippen molar-refractivity contribution < 1.29 is 9.53 Å². The molecule has 0 saturated heterocycles. The van der Waals surface area contributed by atoms with E-state index in [9.17, 15) is 4.79 Å². The molecule has 1 aliphatic carbocycles. The van der Waals surface area contributed by atoms with Crippen LogP contribution in [0, 0.1) is 0 Å². The van der Waals surface area contributed by atoms with Crippen molar-refractivity contribution in [2.45, 2.75) is 38.1 Å². The number of benzene rings is 3. The number of amides is 1. The smallest absolute Gasteiger partial charge is 0.259 e. The number of anilines is 1. The number of carbonyl (C=O) groups excluding carboxylic acids is 1. The van der Waals surface area contributed by atoms with Crippen LogP contribution >= 0.6 is 0 Å². The summed E-state index contributed by atoms with van der Waals surface area (Å²) in [4.78, 5) is 15.7. The molecule has 1 aliphatic heterocycles. The molecule has 1 amide bonds. The number of nitrogens with one attached hydrogen (secondary N) is 1. The Morgan fingerprint density at radius 3 is 2.57 bits per heavy atom. The summed E-state index contributed by atoms with van der Waals surface area (Å²) in [5.74, 6) is 0.485. The van der Waals surface area contributed by atoms with E-state index in [1.807, 2.05) is 42.5 Å². The van der Waals surface area contributed by atoms with Crippen molar-refractivity contribution in [2.24, 2.45) is 0 Å². The summed E-state index contributed by atoms with van der Waals surface area (Å²) in [6.45, 7) is 2.27. The van der Waals surface area contributed by atoms with E-state index in [1.54, 1.807) is 7.11 Å². The van der Waals surface area contributed by atoms with Gasteiger partial charge in [-0.25, -0.2) is 0 Å². The maximum atomic E-state index is 13.1. The third-order valence-electron chi connectivity index (χ3n) is 6.72. The molecule has 0 spiro atoms. The van der Waals surface area contributed by atoms with Crippen molar-refractivity contribution in [3.63, 3.8) is 0 Å². The number of hydrogen-bond acceptors (Lipinski definition) is 3. The number of carbonyl (C=O) groups is 1. The lowest BCUT2D eigenvalue weighted by atomic mass is 9.91. The van der Waals surface area contributed by atoms with Crippen LogP contribution in [0.15, 0.2) is 54.6 Å². The Hall–Kier alpha value is -2.85. The Bertz CT molecular complexity index is 1090. The number of rotatable bonds is 4. The zero-order valence-electron chi connectivity index (χ0n) is 17.5. The molecule has 1 heterocycles. The van der Waals surface area contributed by atoms with Crippen molar-refractivity contribution in [2.75, 3.05) is 25.5 Å². The molecule has 0 radical (unpaired) electrons. The van der Waals surface area contributed by atoms with Crippen LogP contribution in [0.2, 0.25) is 0 Å². The lowest BCUT2D eigenvalue weighted by Gasteiger charge is -2.36. The zero-order chi connectivity index (χ0) is 20.5. The van der Waals surface area contributed by atoms with Gasteiger partial charge in [0.1, 0.15) is 5.75 Å². The van der Waals surface area contributed by atoms with Crippen LogP contribution in [0.1, 0.15) is 40.7 Å². The van der Waals surface area contributed by atoms with Gasteiger partial charge in [-0.05, 0) is 60.4 Å². The third kappa shape index (κ3) is 3.56. The lowest BCUT2D eigenvalue weighted by molar-refractivity contribution is 0.102. The van der Waals surface area contributed by atoms with E-state index in [4.69, 9.17) is 4.74 Å². The summed E-state index contributed by atoms with van der Waals surface area (Å²) in [7, 11) is 1.62. The number of nitrogens with zero attached hydrogens (tertiary/aromatic N) is 1. The van der Waals surface area contributed by atoms with Crippen LogP contribution in [0.5, 0.6) is 5.75 Å². The summed E-state index contributed by atoms with van der Waals surface area (Å²) >= 11 is 0. The van der Waals surface area contributed by atoms with Gasteiger partial charge >= 0.3 is 0 Å². The first-order valence-electron chi connectivity index (χ1n) is 11.0. The molecule has 2 aliphatic rings.